The van der Waals surface area contributed by atoms with Gasteiger partial charge in [-0.25, -0.2) is 4.79 Å². The number of aromatic carboxylic acids is 1. The standard InChI is InChI=1S/C14H17NO2/c16-14(17)11-6-1-3-9-7-8-12(13(9)11)15-10-4-2-5-10/h1,3,6,10,12,15H,2,4-5,7-8H2,(H,16,17). The molecule has 1 unspecified atom stereocenters. The number of hydrogen-bond acceptors (Lipinski definition) is 2. The molecule has 90 valence electrons. The molecular weight excluding hydrogens is 214 g/mol. The minimum Gasteiger partial charge on any atom is -0.478 e. The summed E-state index contributed by atoms with van der Waals surface area (Å²) in [7, 11) is 0. The Hall–Kier alpha value is -1.35. The van der Waals surface area contributed by atoms with E-state index in [0.29, 0.717) is 11.6 Å². The maximum atomic E-state index is 11.2. The molecule has 0 bridgehead atoms. The van der Waals surface area contributed by atoms with Gasteiger partial charge < -0.3 is 10.4 Å². The first-order chi connectivity index (χ1) is 8.25. The van der Waals surface area contributed by atoms with Gasteiger partial charge in [0.2, 0.25) is 0 Å². The molecule has 0 spiro atoms. The van der Waals surface area contributed by atoms with Gasteiger partial charge in [0, 0.05) is 12.1 Å². The van der Waals surface area contributed by atoms with E-state index in [2.05, 4.69) is 11.4 Å². The summed E-state index contributed by atoms with van der Waals surface area (Å²) in [6, 6.07) is 6.50. The second-order valence-corrected chi connectivity index (χ2v) is 5.07. The van der Waals surface area contributed by atoms with Crippen molar-refractivity contribution < 1.29 is 9.90 Å². The highest BCUT2D eigenvalue weighted by molar-refractivity contribution is 5.90. The van der Waals surface area contributed by atoms with Crippen LogP contribution in [0.15, 0.2) is 18.2 Å². The number of hydrogen-bond donors (Lipinski definition) is 2. The molecule has 1 aromatic rings. The van der Waals surface area contributed by atoms with Crippen LogP contribution < -0.4 is 5.32 Å². The summed E-state index contributed by atoms with van der Waals surface area (Å²) >= 11 is 0. The zero-order valence-corrected chi connectivity index (χ0v) is 9.78. The fraction of sp³-hybridized carbons (Fsp3) is 0.500. The van der Waals surface area contributed by atoms with Gasteiger partial charge >= 0.3 is 5.97 Å². The summed E-state index contributed by atoms with van der Waals surface area (Å²) in [6.07, 6.45) is 5.82. The zero-order valence-electron chi connectivity index (χ0n) is 9.78. The third-order valence-corrected chi connectivity index (χ3v) is 4.02. The van der Waals surface area contributed by atoms with Gasteiger partial charge in [-0.15, -0.1) is 0 Å². The largest absolute Gasteiger partial charge is 0.478 e. The lowest BCUT2D eigenvalue weighted by Gasteiger charge is -2.30. The van der Waals surface area contributed by atoms with Gasteiger partial charge in [0.15, 0.2) is 0 Å². The van der Waals surface area contributed by atoms with Crippen molar-refractivity contribution in [2.45, 2.75) is 44.2 Å². The van der Waals surface area contributed by atoms with Crippen LogP contribution in [0.2, 0.25) is 0 Å². The van der Waals surface area contributed by atoms with Crippen molar-refractivity contribution in [3.63, 3.8) is 0 Å². The first-order valence-corrected chi connectivity index (χ1v) is 6.37. The molecule has 2 aliphatic carbocycles. The van der Waals surface area contributed by atoms with Crippen LogP contribution in [0.5, 0.6) is 0 Å². The topological polar surface area (TPSA) is 49.3 Å². The van der Waals surface area contributed by atoms with Crippen LogP contribution in [0.25, 0.3) is 0 Å². The number of aryl methyl sites for hydroxylation is 1. The molecule has 0 saturated heterocycles. The molecule has 2 N–H and O–H groups in total. The zero-order chi connectivity index (χ0) is 11.8. The third kappa shape index (κ3) is 1.84. The lowest BCUT2D eigenvalue weighted by Crippen LogP contribution is -2.37. The van der Waals surface area contributed by atoms with Gasteiger partial charge in [-0.2, -0.15) is 0 Å². The maximum absolute atomic E-state index is 11.2. The highest BCUT2D eigenvalue weighted by atomic mass is 16.4. The number of fused-ring (bicyclic) bond motifs is 1. The van der Waals surface area contributed by atoms with Gasteiger partial charge in [0.1, 0.15) is 0 Å². The Morgan fingerprint density at radius 2 is 2.12 bits per heavy atom. The predicted molar refractivity (Wildman–Crippen MR) is 65.2 cm³/mol. The molecule has 3 rings (SSSR count). The van der Waals surface area contributed by atoms with Crippen LogP contribution in [0.4, 0.5) is 0 Å². The Bertz CT molecular complexity index is 452. The summed E-state index contributed by atoms with van der Waals surface area (Å²) < 4.78 is 0. The van der Waals surface area contributed by atoms with Crippen LogP contribution >= 0.6 is 0 Å². The van der Waals surface area contributed by atoms with Crippen molar-refractivity contribution >= 4 is 5.97 Å². The molecule has 0 amide bonds. The monoisotopic (exact) mass is 231 g/mol. The smallest absolute Gasteiger partial charge is 0.336 e. The highest BCUT2D eigenvalue weighted by Gasteiger charge is 2.30. The van der Waals surface area contributed by atoms with E-state index in [4.69, 9.17) is 0 Å². The van der Waals surface area contributed by atoms with E-state index in [-0.39, 0.29) is 6.04 Å². The summed E-state index contributed by atoms with van der Waals surface area (Å²) in [5, 5.41) is 12.8. The molecule has 3 nitrogen and oxygen atoms in total. The molecule has 0 radical (unpaired) electrons. The van der Waals surface area contributed by atoms with Crippen molar-refractivity contribution in [2.75, 3.05) is 0 Å². The third-order valence-electron chi connectivity index (χ3n) is 4.02. The van der Waals surface area contributed by atoms with Crippen molar-refractivity contribution in [2.24, 2.45) is 0 Å². The van der Waals surface area contributed by atoms with Gasteiger partial charge in [0.25, 0.3) is 0 Å². The lowest BCUT2D eigenvalue weighted by atomic mass is 9.91. The minimum absolute atomic E-state index is 0.252. The van der Waals surface area contributed by atoms with E-state index in [1.54, 1.807) is 6.07 Å². The fourth-order valence-corrected chi connectivity index (χ4v) is 2.90. The molecule has 0 heterocycles. The van der Waals surface area contributed by atoms with Crippen LogP contribution in [0.3, 0.4) is 0 Å². The molecule has 0 aliphatic heterocycles. The fourth-order valence-electron chi connectivity index (χ4n) is 2.90. The van der Waals surface area contributed by atoms with Crippen LogP contribution in [-0.4, -0.2) is 17.1 Å². The van der Waals surface area contributed by atoms with Crippen molar-refractivity contribution in [3.8, 4) is 0 Å². The highest BCUT2D eigenvalue weighted by Crippen LogP contribution is 2.35. The number of nitrogens with one attached hydrogen (secondary N) is 1. The summed E-state index contributed by atoms with van der Waals surface area (Å²) in [4.78, 5) is 11.2. The second kappa shape index (κ2) is 4.15. The number of carbonyl (C=O) groups is 1. The van der Waals surface area contributed by atoms with Gasteiger partial charge in [-0.05, 0) is 42.9 Å². The molecule has 1 saturated carbocycles. The summed E-state index contributed by atoms with van der Waals surface area (Å²) in [5.74, 6) is -0.802. The average Bonchev–Trinajstić information content (AvgIpc) is 2.66. The molecule has 1 fully saturated rings. The minimum atomic E-state index is -0.802. The first-order valence-electron chi connectivity index (χ1n) is 6.37. The number of benzene rings is 1. The van der Waals surface area contributed by atoms with E-state index < -0.39 is 5.97 Å². The van der Waals surface area contributed by atoms with Crippen LogP contribution in [0, 0.1) is 0 Å². The lowest BCUT2D eigenvalue weighted by molar-refractivity contribution is 0.0694. The van der Waals surface area contributed by atoms with Gasteiger partial charge in [0.05, 0.1) is 5.56 Å². The van der Waals surface area contributed by atoms with Crippen LogP contribution in [0.1, 0.15) is 53.2 Å². The molecule has 0 aromatic heterocycles. The van der Waals surface area contributed by atoms with Crippen molar-refractivity contribution in [1.29, 1.82) is 0 Å². The quantitative estimate of drug-likeness (QED) is 0.840. The van der Waals surface area contributed by atoms with E-state index in [9.17, 15) is 9.90 Å². The number of carboxylic acid groups (broad SMARTS) is 1. The van der Waals surface area contributed by atoms with Crippen molar-refractivity contribution in [1.82, 2.24) is 5.32 Å². The van der Waals surface area contributed by atoms with E-state index in [1.807, 2.05) is 6.07 Å². The van der Waals surface area contributed by atoms with Gasteiger partial charge in [-0.3, -0.25) is 0 Å². The maximum Gasteiger partial charge on any atom is 0.336 e. The molecule has 1 aromatic carbocycles. The molecule has 1 atom stereocenters. The Labute approximate surface area is 101 Å². The second-order valence-electron chi connectivity index (χ2n) is 5.07. The first kappa shape index (κ1) is 10.8. The summed E-state index contributed by atoms with van der Waals surface area (Å²) in [6.45, 7) is 0. The van der Waals surface area contributed by atoms with E-state index in [0.717, 1.165) is 18.4 Å². The SMILES string of the molecule is O=C(O)c1cccc2c1C(NC1CCC1)CC2. The van der Waals surface area contributed by atoms with Crippen LogP contribution in [-0.2, 0) is 6.42 Å². The number of rotatable bonds is 3. The Morgan fingerprint density at radius 1 is 1.29 bits per heavy atom. The molecule has 2 aliphatic rings. The Morgan fingerprint density at radius 3 is 2.76 bits per heavy atom. The predicted octanol–water partition coefficient (Wildman–Crippen LogP) is 2.51. The molecular formula is C14H17NO2. The van der Waals surface area contributed by atoms with E-state index >= 15 is 0 Å². The summed E-state index contributed by atoms with van der Waals surface area (Å²) in [5.41, 5.74) is 2.73. The number of carboxylic acids is 1. The Balaban J connectivity index is 1.90. The molecule has 17 heavy (non-hydrogen) atoms. The van der Waals surface area contributed by atoms with E-state index in [1.165, 1.54) is 24.8 Å². The average molecular weight is 231 g/mol. The van der Waals surface area contributed by atoms with Gasteiger partial charge in [-0.1, -0.05) is 18.6 Å². The normalized spacial score (nSPS) is 23.2. The molecule has 3 heteroatoms. The van der Waals surface area contributed by atoms with Crippen molar-refractivity contribution in [3.05, 3.63) is 34.9 Å². The Kier molecular flexibility index (Phi) is 2.63.